The van der Waals surface area contributed by atoms with Gasteiger partial charge in [0.2, 0.25) is 5.69 Å². The van der Waals surface area contributed by atoms with E-state index >= 15 is 0 Å². The number of fused-ring (bicyclic) bond motifs is 1. The zero-order chi connectivity index (χ0) is 18.3. The lowest BCUT2D eigenvalue weighted by atomic mass is 9.83. The fraction of sp³-hybridized carbons (Fsp3) is 0.400. The molecule has 1 aromatic heterocycles. The Labute approximate surface area is 157 Å². The van der Waals surface area contributed by atoms with Crippen LogP contribution in [0.3, 0.4) is 0 Å². The highest BCUT2D eigenvalue weighted by Crippen LogP contribution is 2.34. The third-order valence-corrected chi connectivity index (χ3v) is 6.28. The molecule has 0 aliphatic heterocycles. The highest BCUT2D eigenvalue weighted by molar-refractivity contribution is 5.85. The topological polar surface area (TPSA) is 3.88 Å². The van der Waals surface area contributed by atoms with Gasteiger partial charge in [0.05, 0.1) is 0 Å². The minimum absolute atomic E-state index is 0.758. The molecule has 0 spiro atoms. The molecule has 1 heterocycles. The van der Waals surface area contributed by atoms with Gasteiger partial charge in [0.25, 0.3) is 0 Å². The molecule has 0 amide bonds. The predicted molar refractivity (Wildman–Crippen MR) is 111 cm³/mol. The Kier molecular flexibility index (Phi) is 4.56. The van der Waals surface area contributed by atoms with Crippen LogP contribution in [0.5, 0.6) is 0 Å². The van der Waals surface area contributed by atoms with E-state index in [2.05, 4.69) is 75.0 Å². The van der Waals surface area contributed by atoms with Crippen LogP contribution >= 0.6 is 0 Å². The second-order valence-electron chi connectivity index (χ2n) is 8.25. The average Bonchev–Trinajstić information content (AvgIpc) is 2.64. The van der Waals surface area contributed by atoms with E-state index in [0.29, 0.717) is 0 Å². The fourth-order valence-electron chi connectivity index (χ4n) is 4.63. The van der Waals surface area contributed by atoms with Gasteiger partial charge in [0.15, 0.2) is 6.20 Å². The summed E-state index contributed by atoms with van der Waals surface area (Å²) >= 11 is 0. The van der Waals surface area contributed by atoms with Crippen LogP contribution in [-0.4, -0.2) is 0 Å². The predicted octanol–water partition coefficient (Wildman–Crippen LogP) is 6.30. The first-order valence-corrected chi connectivity index (χ1v) is 10.0. The second kappa shape index (κ2) is 6.87. The monoisotopic (exact) mass is 344 g/mol. The number of rotatable bonds is 2. The van der Waals surface area contributed by atoms with Crippen LogP contribution in [0.25, 0.3) is 22.0 Å². The van der Waals surface area contributed by atoms with E-state index in [9.17, 15) is 0 Å². The van der Waals surface area contributed by atoms with Crippen molar-refractivity contribution in [3.63, 3.8) is 0 Å². The van der Waals surface area contributed by atoms with Gasteiger partial charge in [0.1, 0.15) is 7.05 Å². The molecule has 4 rings (SSSR count). The Morgan fingerprint density at radius 1 is 0.846 bits per heavy atom. The van der Waals surface area contributed by atoms with Crippen LogP contribution < -0.4 is 4.57 Å². The third-order valence-electron chi connectivity index (χ3n) is 6.28. The van der Waals surface area contributed by atoms with Gasteiger partial charge in [-0.2, -0.15) is 0 Å². The highest BCUT2D eigenvalue weighted by atomic mass is 14.9. The van der Waals surface area contributed by atoms with Crippen LogP contribution in [0.1, 0.15) is 60.3 Å². The van der Waals surface area contributed by atoms with Gasteiger partial charge in [-0.3, -0.25) is 0 Å². The molecule has 0 atom stereocenters. The molecule has 1 aliphatic rings. The molecule has 1 fully saturated rings. The smallest absolute Gasteiger partial charge is 0.200 e. The molecule has 134 valence electrons. The van der Waals surface area contributed by atoms with Gasteiger partial charge in [-0.1, -0.05) is 43.0 Å². The maximum Gasteiger partial charge on any atom is 0.213 e. The maximum atomic E-state index is 2.45. The van der Waals surface area contributed by atoms with Crippen LogP contribution in [-0.2, 0) is 7.05 Å². The fourth-order valence-corrected chi connectivity index (χ4v) is 4.63. The van der Waals surface area contributed by atoms with E-state index in [1.807, 2.05) is 0 Å². The number of hydrogen-bond acceptors (Lipinski definition) is 0. The summed E-state index contributed by atoms with van der Waals surface area (Å²) in [4.78, 5) is 0. The number of hydrogen-bond donors (Lipinski definition) is 0. The normalized spacial score (nSPS) is 15.5. The van der Waals surface area contributed by atoms with Crippen LogP contribution in [0, 0.1) is 20.8 Å². The van der Waals surface area contributed by atoms with E-state index in [4.69, 9.17) is 0 Å². The van der Waals surface area contributed by atoms with Crippen molar-refractivity contribution in [2.24, 2.45) is 7.05 Å². The quantitative estimate of drug-likeness (QED) is 0.480. The second-order valence-corrected chi connectivity index (χ2v) is 8.25. The molecule has 1 saturated carbocycles. The minimum atomic E-state index is 0.758. The molecule has 0 saturated heterocycles. The van der Waals surface area contributed by atoms with Gasteiger partial charge >= 0.3 is 0 Å². The Morgan fingerprint density at radius 3 is 2.38 bits per heavy atom. The van der Waals surface area contributed by atoms with Crippen molar-refractivity contribution in [2.45, 2.75) is 58.8 Å². The molecule has 1 heteroatoms. The molecule has 26 heavy (non-hydrogen) atoms. The first kappa shape index (κ1) is 17.3. The number of nitrogens with zero attached hydrogens (tertiary/aromatic N) is 1. The summed E-state index contributed by atoms with van der Waals surface area (Å²) in [6, 6.07) is 14.1. The Balaban J connectivity index is 1.84. The van der Waals surface area contributed by atoms with Crippen molar-refractivity contribution >= 4 is 10.8 Å². The first-order chi connectivity index (χ1) is 12.5. The summed E-state index contributed by atoms with van der Waals surface area (Å²) in [6.07, 6.45) is 9.19. The van der Waals surface area contributed by atoms with E-state index in [0.717, 1.165) is 5.92 Å². The van der Waals surface area contributed by atoms with Gasteiger partial charge in [-0.15, -0.1) is 0 Å². The van der Waals surface area contributed by atoms with E-state index < -0.39 is 0 Å². The lowest BCUT2D eigenvalue weighted by molar-refractivity contribution is -0.659. The molecule has 0 radical (unpaired) electrons. The Bertz CT molecular complexity index is 962. The van der Waals surface area contributed by atoms with Crippen LogP contribution in [0.4, 0.5) is 0 Å². The van der Waals surface area contributed by atoms with Crippen LogP contribution in [0.2, 0.25) is 0 Å². The maximum absolute atomic E-state index is 2.45. The molecule has 1 aliphatic carbocycles. The zero-order valence-electron chi connectivity index (χ0n) is 16.6. The molecule has 1 nitrogen and oxygen atoms in total. The van der Waals surface area contributed by atoms with Gasteiger partial charge < -0.3 is 0 Å². The Morgan fingerprint density at radius 2 is 1.62 bits per heavy atom. The van der Waals surface area contributed by atoms with Gasteiger partial charge in [-0.05, 0) is 73.7 Å². The van der Waals surface area contributed by atoms with Gasteiger partial charge in [-0.25, -0.2) is 4.57 Å². The van der Waals surface area contributed by atoms with Crippen molar-refractivity contribution < 1.29 is 4.57 Å². The highest BCUT2D eigenvalue weighted by Gasteiger charge is 2.18. The lowest BCUT2D eigenvalue weighted by Crippen LogP contribution is -2.30. The summed E-state index contributed by atoms with van der Waals surface area (Å²) in [7, 11) is 2.17. The summed E-state index contributed by atoms with van der Waals surface area (Å²) in [6.45, 7) is 6.65. The zero-order valence-corrected chi connectivity index (χ0v) is 16.6. The van der Waals surface area contributed by atoms with E-state index in [-0.39, 0.29) is 0 Å². The number of benzene rings is 2. The largest absolute Gasteiger partial charge is 0.213 e. The summed E-state index contributed by atoms with van der Waals surface area (Å²) in [5.74, 6) is 0.758. The number of aryl methyl sites for hydroxylation is 3. The minimum Gasteiger partial charge on any atom is -0.200 e. The number of pyridine rings is 1. The summed E-state index contributed by atoms with van der Waals surface area (Å²) in [5.41, 5.74) is 8.29. The SMILES string of the molecule is Cc1cc(C)c(C)c(-c2cc3cc(C4CCCCC4)ccc3c[n+]2C)c1. The van der Waals surface area contributed by atoms with Crippen molar-refractivity contribution in [1.29, 1.82) is 0 Å². The molecule has 3 aromatic rings. The van der Waals surface area contributed by atoms with E-state index in [1.54, 1.807) is 0 Å². The van der Waals surface area contributed by atoms with Crippen molar-refractivity contribution in [1.82, 2.24) is 0 Å². The van der Waals surface area contributed by atoms with Crippen LogP contribution in [0.15, 0.2) is 42.6 Å². The third kappa shape index (κ3) is 3.16. The molecular formula is C25H30N+. The molecule has 0 N–H and O–H groups in total. The molecule has 2 aromatic carbocycles. The van der Waals surface area contributed by atoms with E-state index in [1.165, 1.54) is 76.4 Å². The molecule has 0 bridgehead atoms. The standard InChI is InChI=1S/C25H30N/c1-17-12-18(2)19(3)24(13-17)25-15-23-14-21(20-8-6-5-7-9-20)10-11-22(23)16-26(25)4/h10-16,20H,5-9H2,1-4H3/q+1. The summed E-state index contributed by atoms with van der Waals surface area (Å²) in [5, 5.41) is 2.71. The summed E-state index contributed by atoms with van der Waals surface area (Å²) < 4.78 is 2.28. The van der Waals surface area contributed by atoms with Crippen molar-refractivity contribution in [3.8, 4) is 11.3 Å². The van der Waals surface area contributed by atoms with Gasteiger partial charge in [0, 0.05) is 17.0 Å². The number of aromatic nitrogens is 1. The molecule has 0 unspecified atom stereocenters. The van der Waals surface area contributed by atoms with Crippen molar-refractivity contribution in [3.05, 3.63) is 64.8 Å². The van der Waals surface area contributed by atoms with Crippen molar-refractivity contribution in [2.75, 3.05) is 0 Å². The molecular weight excluding hydrogens is 314 g/mol. The Hall–Kier alpha value is -2.15. The lowest BCUT2D eigenvalue weighted by Gasteiger charge is -2.22. The average molecular weight is 345 g/mol. The first-order valence-electron chi connectivity index (χ1n) is 10.0.